The Balaban J connectivity index is 2.07. The highest BCUT2D eigenvalue weighted by atomic mass is 16.6. The van der Waals surface area contributed by atoms with Crippen molar-refractivity contribution in [3.8, 4) is 0 Å². The largest absolute Gasteiger partial charge is 0.383 e. The second-order valence-corrected chi connectivity index (χ2v) is 6.87. The summed E-state index contributed by atoms with van der Waals surface area (Å²) in [6.07, 6.45) is 0. The number of anilines is 2. The van der Waals surface area contributed by atoms with Crippen molar-refractivity contribution < 1.29 is 9.66 Å². The summed E-state index contributed by atoms with van der Waals surface area (Å²) in [4.78, 5) is 40.0. The molecule has 0 bridgehead atoms. The summed E-state index contributed by atoms with van der Waals surface area (Å²) in [5.74, 6) is -0.0210. The normalized spacial score (nSPS) is 10.7. The van der Waals surface area contributed by atoms with Crippen LogP contribution in [0.1, 0.15) is 11.1 Å². The first kappa shape index (κ1) is 21.8. The number of nitro groups is 1. The van der Waals surface area contributed by atoms with E-state index in [4.69, 9.17) is 10.5 Å². The van der Waals surface area contributed by atoms with Crippen LogP contribution in [0.25, 0.3) is 0 Å². The lowest BCUT2D eigenvalue weighted by Gasteiger charge is -2.26. The van der Waals surface area contributed by atoms with Gasteiger partial charge in [-0.25, -0.2) is 4.79 Å². The fourth-order valence-corrected chi connectivity index (χ4v) is 3.31. The molecule has 0 unspecified atom stereocenters. The summed E-state index contributed by atoms with van der Waals surface area (Å²) >= 11 is 0. The van der Waals surface area contributed by atoms with Gasteiger partial charge in [-0.1, -0.05) is 48.5 Å². The Hall–Kier alpha value is -3.92. The Kier molecular flexibility index (Phi) is 6.83. The number of nitrogens with one attached hydrogen (secondary N) is 1. The molecule has 3 rings (SSSR count). The zero-order valence-corrected chi connectivity index (χ0v) is 17.0. The number of benzene rings is 2. The first-order chi connectivity index (χ1) is 14.9. The second-order valence-electron chi connectivity index (χ2n) is 6.87. The van der Waals surface area contributed by atoms with Gasteiger partial charge in [0.2, 0.25) is 0 Å². The predicted octanol–water partition coefficient (Wildman–Crippen LogP) is 1.73. The van der Waals surface area contributed by atoms with E-state index in [9.17, 15) is 19.7 Å². The van der Waals surface area contributed by atoms with Gasteiger partial charge >= 0.3 is 5.69 Å². The highest BCUT2D eigenvalue weighted by Crippen LogP contribution is 2.24. The lowest BCUT2D eigenvalue weighted by molar-refractivity contribution is -0.385. The monoisotopic (exact) mass is 425 g/mol. The highest BCUT2D eigenvalue weighted by Gasteiger charge is 2.22. The van der Waals surface area contributed by atoms with Gasteiger partial charge in [-0.2, -0.15) is 0 Å². The zero-order valence-electron chi connectivity index (χ0n) is 17.0. The molecule has 1 aromatic heterocycles. The Morgan fingerprint density at radius 2 is 1.81 bits per heavy atom. The topological polar surface area (TPSA) is 136 Å². The SMILES string of the molecule is COCCN(Cc1ccccc1[N+](=O)[O-])c1c(N)n(Cc2ccccc2)c(=O)[nH]c1=O. The average molecular weight is 425 g/mol. The number of ether oxygens (including phenoxy) is 1. The van der Waals surface area contributed by atoms with Gasteiger partial charge in [0.15, 0.2) is 0 Å². The Bertz CT molecular complexity index is 1170. The van der Waals surface area contributed by atoms with E-state index in [0.29, 0.717) is 5.56 Å². The van der Waals surface area contributed by atoms with Crippen molar-refractivity contribution >= 4 is 17.2 Å². The fourth-order valence-electron chi connectivity index (χ4n) is 3.31. The third-order valence-electron chi connectivity index (χ3n) is 4.83. The minimum Gasteiger partial charge on any atom is -0.383 e. The molecule has 0 atom stereocenters. The Morgan fingerprint density at radius 3 is 2.48 bits per heavy atom. The van der Waals surface area contributed by atoms with E-state index in [2.05, 4.69) is 4.98 Å². The minimum atomic E-state index is -0.665. The number of para-hydroxylation sites is 1. The number of nitrogen functional groups attached to an aromatic ring is 1. The molecule has 3 N–H and O–H groups in total. The van der Waals surface area contributed by atoms with E-state index >= 15 is 0 Å². The Morgan fingerprint density at radius 1 is 1.13 bits per heavy atom. The summed E-state index contributed by atoms with van der Waals surface area (Å²) in [5, 5.41) is 11.4. The predicted molar refractivity (Wildman–Crippen MR) is 117 cm³/mol. The number of nitrogens with zero attached hydrogens (tertiary/aromatic N) is 3. The smallest absolute Gasteiger partial charge is 0.330 e. The maximum atomic E-state index is 12.7. The van der Waals surface area contributed by atoms with Crippen LogP contribution in [0.3, 0.4) is 0 Å². The number of nitro benzene ring substituents is 1. The van der Waals surface area contributed by atoms with Crippen molar-refractivity contribution in [2.75, 3.05) is 30.9 Å². The van der Waals surface area contributed by atoms with E-state index in [1.165, 1.54) is 17.7 Å². The number of hydrogen-bond acceptors (Lipinski definition) is 7. The van der Waals surface area contributed by atoms with Gasteiger partial charge in [0.1, 0.15) is 11.5 Å². The van der Waals surface area contributed by atoms with Gasteiger partial charge in [0, 0.05) is 25.3 Å². The standard InChI is InChI=1S/C21H23N5O5/c1-31-12-11-24(14-16-9-5-6-10-17(16)26(29)30)18-19(22)25(21(28)23-20(18)27)13-15-7-3-2-4-8-15/h2-10H,11-14,22H2,1H3,(H,23,27,28). The third-order valence-corrected chi connectivity index (χ3v) is 4.83. The number of aromatic nitrogens is 2. The van der Waals surface area contributed by atoms with Crippen LogP contribution in [0.15, 0.2) is 64.2 Å². The molecule has 31 heavy (non-hydrogen) atoms. The van der Waals surface area contributed by atoms with Gasteiger partial charge in [0.25, 0.3) is 11.2 Å². The molecule has 0 aliphatic heterocycles. The molecule has 0 amide bonds. The maximum absolute atomic E-state index is 12.7. The molecular weight excluding hydrogens is 402 g/mol. The third kappa shape index (κ3) is 4.98. The maximum Gasteiger partial charge on any atom is 0.330 e. The number of H-pyrrole nitrogens is 1. The molecule has 2 aromatic carbocycles. The molecule has 0 saturated carbocycles. The summed E-state index contributed by atoms with van der Waals surface area (Å²) < 4.78 is 6.41. The Labute approximate surface area is 177 Å². The molecule has 0 fully saturated rings. The van der Waals surface area contributed by atoms with E-state index < -0.39 is 16.2 Å². The number of rotatable bonds is 9. The summed E-state index contributed by atoms with van der Waals surface area (Å²) in [7, 11) is 1.51. The van der Waals surface area contributed by atoms with Crippen LogP contribution >= 0.6 is 0 Å². The van der Waals surface area contributed by atoms with Crippen LogP contribution in [-0.4, -0.2) is 34.7 Å². The molecular formula is C21H23N5O5. The van der Waals surface area contributed by atoms with Crippen LogP contribution in [0.2, 0.25) is 0 Å². The molecule has 0 aliphatic rings. The summed E-state index contributed by atoms with van der Waals surface area (Å²) in [5.41, 5.74) is 6.21. The molecule has 1 heterocycles. The number of methoxy groups -OCH3 is 1. The molecule has 10 heteroatoms. The second kappa shape index (κ2) is 9.72. The molecule has 3 aromatic rings. The number of aromatic amines is 1. The molecule has 10 nitrogen and oxygen atoms in total. The van der Waals surface area contributed by atoms with Crippen LogP contribution < -0.4 is 21.9 Å². The number of nitrogens with two attached hydrogens (primary N) is 1. The van der Waals surface area contributed by atoms with Crippen molar-refractivity contribution in [3.05, 3.63) is 96.7 Å². The lowest BCUT2D eigenvalue weighted by atomic mass is 10.1. The first-order valence-corrected chi connectivity index (χ1v) is 9.55. The highest BCUT2D eigenvalue weighted by molar-refractivity contribution is 5.63. The van der Waals surface area contributed by atoms with Gasteiger partial charge in [-0.05, 0) is 5.56 Å². The van der Waals surface area contributed by atoms with Gasteiger partial charge in [-0.15, -0.1) is 0 Å². The summed E-state index contributed by atoms with van der Waals surface area (Å²) in [6, 6.07) is 15.5. The molecule has 162 valence electrons. The van der Waals surface area contributed by atoms with E-state index in [-0.39, 0.29) is 43.4 Å². The quantitative estimate of drug-likeness (QED) is 0.393. The van der Waals surface area contributed by atoms with Gasteiger partial charge in [0.05, 0.1) is 24.6 Å². The van der Waals surface area contributed by atoms with Crippen molar-refractivity contribution in [1.82, 2.24) is 9.55 Å². The fraction of sp³-hybridized carbons (Fsp3) is 0.238. The lowest BCUT2D eigenvalue weighted by Crippen LogP contribution is -2.39. The molecule has 0 spiro atoms. The first-order valence-electron chi connectivity index (χ1n) is 9.55. The minimum absolute atomic E-state index is 0.0210. The van der Waals surface area contributed by atoms with Crippen molar-refractivity contribution in [3.63, 3.8) is 0 Å². The molecule has 0 aliphatic carbocycles. The molecule has 0 radical (unpaired) electrons. The average Bonchev–Trinajstić information content (AvgIpc) is 2.75. The molecule has 0 saturated heterocycles. The zero-order chi connectivity index (χ0) is 22.4. The van der Waals surface area contributed by atoms with E-state index in [0.717, 1.165) is 5.56 Å². The number of hydrogen-bond donors (Lipinski definition) is 2. The van der Waals surface area contributed by atoms with Crippen LogP contribution in [-0.2, 0) is 17.8 Å². The van der Waals surface area contributed by atoms with Crippen LogP contribution in [0.4, 0.5) is 17.2 Å². The van der Waals surface area contributed by atoms with E-state index in [1.54, 1.807) is 23.1 Å². The van der Waals surface area contributed by atoms with Gasteiger partial charge < -0.3 is 15.4 Å². The van der Waals surface area contributed by atoms with Crippen LogP contribution in [0.5, 0.6) is 0 Å². The van der Waals surface area contributed by atoms with Crippen molar-refractivity contribution in [2.24, 2.45) is 0 Å². The summed E-state index contributed by atoms with van der Waals surface area (Å²) in [6.45, 7) is 0.687. The van der Waals surface area contributed by atoms with Crippen molar-refractivity contribution in [1.29, 1.82) is 0 Å². The van der Waals surface area contributed by atoms with Crippen LogP contribution in [0, 0.1) is 10.1 Å². The van der Waals surface area contributed by atoms with Crippen molar-refractivity contribution in [2.45, 2.75) is 13.1 Å². The van der Waals surface area contributed by atoms with Gasteiger partial charge in [-0.3, -0.25) is 24.5 Å². The van der Waals surface area contributed by atoms with E-state index in [1.807, 2.05) is 30.3 Å².